The number of esters is 5. The summed E-state index contributed by atoms with van der Waals surface area (Å²) in [6.07, 6.45) is -5.95. The van der Waals surface area contributed by atoms with Crippen LogP contribution in [0.1, 0.15) is 27.7 Å². The minimum Gasteiger partial charge on any atom is -0.460 e. The number of ether oxygens (including phenoxy) is 6. The highest BCUT2D eigenvalue weighted by atomic mass is 16.7. The lowest BCUT2D eigenvalue weighted by Gasteiger charge is -2.43. The Kier molecular flexibility index (Phi) is 8.58. The van der Waals surface area contributed by atoms with E-state index in [0.29, 0.717) is 0 Å². The Morgan fingerprint density at radius 2 is 1.25 bits per heavy atom. The molecule has 0 spiro atoms. The first-order chi connectivity index (χ1) is 13.0. The molecule has 1 heterocycles. The van der Waals surface area contributed by atoms with E-state index in [1.807, 2.05) is 0 Å². The Hall–Kier alpha value is -2.95. The van der Waals surface area contributed by atoms with E-state index in [-0.39, 0.29) is 0 Å². The van der Waals surface area contributed by atoms with Gasteiger partial charge in [0, 0.05) is 33.8 Å². The molecule has 0 aromatic rings. The van der Waals surface area contributed by atoms with Crippen LogP contribution in [0.2, 0.25) is 0 Å². The average Bonchev–Trinajstić information content (AvgIpc) is 2.56. The van der Waals surface area contributed by atoms with Crippen molar-refractivity contribution in [3.63, 3.8) is 0 Å². The van der Waals surface area contributed by atoms with Gasteiger partial charge in [-0.25, -0.2) is 4.79 Å². The van der Waals surface area contributed by atoms with Crippen molar-refractivity contribution in [2.45, 2.75) is 58.4 Å². The fourth-order valence-electron chi connectivity index (χ4n) is 2.47. The summed E-state index contributed by atoms with van der Waals surface area (Å²) in [6.45, 7) is 7.13. The Balaban J connectivity index is 3.29. The lowest BCUT2D eigenvalue weighted by Crippen LogP contribution is -2.63. The average molecular weight is 402 g/mol. The molecule has 0 saturated carbocycles. The maximum absolute atomic E-state index is 11.6. The van der Waals surface area contributed by atoms with Gasteiger partial charge < -0.3 is 28.4 Å². The molecule has 0 amide bonds. The zero-order valence-electron chi connectivity index (χ0n) is 15.9. The zero-order valence-corrected chi connectivity index (χ0v) is 15.9. The molecule has 1 rings (SSSR count). The first-order valence-corrected chi connectivity index (χ1v) is 8.18. The number of carbonyl (C=O) groups is 5. The molecule has 0 aromatic carbocycles. The molecular formula is C17H22O11. The molecule has 1 aliphatic heterocycles. The molecule has 0 radical (unpaired) electrons. The van der Waals surface area contributed by atoms with Crippen LogP contribution in [0.3, 0.4) is 0 Å². The van der Waals surface area contributed by atoms with Crippen molar-refractivity contribution in [1.82, 2.24) is 0 Å². The maximum Gasteiger partial charge on any atom is 0.330 e. The van der Waals surface area contributed by atoms with Crippen molar-refractivity contribution < 1.29 is 52.4 Å². The quantitative estimate of drug-likeness (QED) is 0.317. The Labute approximate surface area is 160 Å². The van der Waals surface area contributed by atoms with Crippen LogP contribution in [0.5, 0.6) is 0 Å². The second-order valence-electron chi connectivity index (χ2n) is 5.71. The first kappa shape index (κ1) is 23.1. The van der Waals surface area contributed by atoms with E-state index >= 15 is 0 Å². The Morgan fingerprint density at radius 3 is 1.71 bits per heavy atom. The van der Waals surface area contributed by atoms with Gasteiger partial charge in [0.05, 0.1) is 0 Å². The maximum atomic E-state index is 11.6. The van der Waals surface area contributed by atoms with Gasteiger partial charge in [0.2, 0.25) is 12.4 Å². The smallest absolute Gasteiger partial charge is 0.330 e. The molecule has 11 nitrogen and oxygen atoms in total. The van der Waals surface area contributed by atoms with E-state index in [2.05, 4.69) is 6.58 Å². The number of hydrogen-bond acceptors (Lipinski definition) is 11. The third-order valence-electron chi connectivity index (χ3n) is 3.34. The fraction of sp³-hybridized carbons (Fsp3) is 0.588. The van der Waals surface area contributed by atoms with E-state index in [1.54, 1.807) is 0 Å². The lowest BCUT2D eigenvalue weighted by atomic mass is 9.98. The highest BCUT2D eigenvalue weighted by Gasteiger charge is 2.53. The second kappa shape index (κ2) is 10.4. The van der Waals surface area contributed by atoms with Crippen LogP contribution >= 0.6 is 0 Å². The van der Waals surface area contributed by atoms with Crippen LogP contribution < -0.4 is 0 Å². The van der Waals surface area contributed by atoms with Crippen molar-refractivity contribution in [3.05, 3.63) is 12.7 Å². The fourth-order valence-corrected chi connectivity index (χ4v) is 2.47. The van der Waals surface area contributed by atoms with Gasteiger partial charge in [-0.2, -0.15) is 0 Å². The molecule has 0 N–H and O–H groups in total. The summed E-state index contributed by atoms with van der Waals surface area (Å²) in [5, 5.41) is 0. The predicted molar refractivity (Wildman–Crippen MR) is 88.2 cm³/mol. The molecule has 5 atom stereocenters. The topological polar surface area (TPSA) is 141 Å². The summed E-state index contributed by atoms with van der Waals surface area (Å²) < 4.78 is 30.9. The van der Waals surface area contributed by atoms with Crippen LogP contribution in [0.4, 0.5) is 0 Å². The standard InChI is InChI=1S/C17H22O11/c1-6-13(22)23-7-12-14(24-8(2)18)15(25-9(3)19)16(26-10(4)20)17(28-12)27-11(5)21/h6,12,14-17H,1,7H2,2-5H3/t12?,14-,15?,16?,17+/m1/s1. The predicted octanol–water partition coefficient (Wildman–Crippen LogP) is -0.201. The SMILES string of the molecule is C=CC(=O)OCC1O[C@H](OC(C)=O)C(OC(C)=O)C(OC(C)=O)[C@@H]1OC(C)=O. The van der Waals surface area contributed by atoms with Crippen molar-refractivity contribution in [1.29, 1.82) is 0 Å². The summed E-state index contributed by atoms with van der Waals surface area (Å²) in [7, 11) is 0. The third kappa shape index (κ3) is 6.99. The van der Waals surface area contributed by atoms with Gasteiger partial charge in [-0.1, -0.05) is 6.58 Å². The molecule has 3 unspecified atom stereocenters. The molecule has 1 aliphatic rings. The highest BCUT2D eigenvalue weighted by molar-refractivity contribution is 5.81. The minimum atomic E-state index is -1.51. The van der Waals surface area contributed by atoms with E-state index < -0.39 is 67.2 Å². The molecule has 0 bridgehead atoms. The molecule has 1 saturated heterocycles. The lowest BCUT2D eigenvalue weighted by molar-refractivity contribution is -0.300. The van der Waals surface area contributed by atoms with Gasteiger partial charge in [0.1, 0.15) is 12.7 Å². The molecular weight excluding hydrogens is 380 g/mol. The summed E-state index contributed by atoms with van der Waals surface area (Å²) in [6, 6.07) is 0. The van der Waals surface area contributed by atoms with E-state index in [9.17, 15) is 24.0 Å². The van der Waals surface area contributed by atoms with E-state index in [4.69, 9.17) is 28.4 Å². The number of rotatable bonds is 7. The van der Waals surface area contributed by atoms with Gasteiger partial charge >= 0.3 is 29.8 Å². The minimum absolute atomic E-state index is 0.453. The van der Waals surface area contributed by atoms with Crippen molar-refractivity contribution in [2.75, 3.05) is 6.61 Å². The Bertz CT molecular complexity index is 641. The van der Waals surface area contributed by atoms with Crippen molar-refractivity contribution in [2.24, 2.45) is 0 Å². The van der Waals surface area contributed by atoms with Crippen LogP contribution in [0.15, 0.2) is 12.7 Å². The molecule has 0 aliphatic carbocycles. The van der Waals surface area contributed by atoms with E-state index in [0.717, 1.165) is 33.8 Å². The Morgan fingerprint density at radius 1 is 0.786 bits per heavy atom. The number of carbonyl (C=O) groups excluding carboxylic acids is 5. The molecule has 28 heavy (non-hydrogen) atoms. The van der Waals surface area contributed by atoms with Gasteiger partial charge in [-0.05, 0) is 0 Å². The molecule has 0 aromatic heterocycles. The summed E-state index contributed by atoms with van der Waals surface area (Å²) in [4.78, 5) is 57.4. The van der Waals surface area contributed by atoms with E-state index in [1.165, 1.54) is 0 Å². The number of hydrogen-bond donors (Lipinski definition) is 0. The van der Waals surface area contributed by atoms with Crippen LogP contribution in [0.25, 0.3) is 0 Å². The van der Waals surface area contributed by atoms with Crippen molar-refractivity contribution >= 4 is 29.8 Å². The molecule has 11 heteroatoms. The van der Waals surface area contributed by atoms with Gasteiger partial charge in [-0.3, -0.25) is 19.2 Å². The highest BCUT2D eigenvalue weighted by Crippen LogP contribution is 2.30. The molecule has 156 valence electrons. The van der Waals surface area contributed by atoms with Gasteiger partial charge in [0.25, 0.3) is 0 Å². The summed E-state index contributed by atoms with van der Waals surface area (Å²) in [5.74, 6) is -3.92. The normalized spacial score (nSPS) is 26.4. The monoisotopic (exact) mass is 402 g/mol. The summed E-state index contributed by atoms with van der Waals surface area (Å²) >= 11 is 0. The zero-order chi connectivity index (χ0) is 21.4. The van der Waals surface area contributed by atoms with Crippen molar-refractivity contribution in [3.8, 4) is 0 Å². The van der Waals surface area contributed by atoms with Crippen LogP contribution in [0, 0.1) is 0 Å². The van der Waals surface area contributed by atoms with Crippen LogP contribution in [-0.2, 0) is 52.4 Å². The second-order valence-corrected chi connectivity index (χ2v) is 5.71. The third-order valence-corrected chi connectivity index (χ3v) is 3.34. The first-order valence-electron chi connectivity index (χ1n) is 8.18. The largest absolute Gasteiger partial charge is 0.460 e. The summed E-state index contributed by atoms with van der Waals surface area (Å²) in [5.41, 5.74) is 0. The molecule has 1 fully saturated rings. The van der Waals surface area contributed by atoms with Gasteiger partial charge in [-0.15, -0.1) is 0 Å². The van der Waals surface area contributed by atoms with Crippen LogP contribution in [-0.4, -0.2) is 67.2 Å². The van der Waals surface area contributed by atoms with Gasteiger partial charge in [0.15, 0.2) is 12.2 Å².